The molecule has 1 aliphatic carbocycles. The second-order valence-corrected chi connectivity index (χ2v) is 9.29. The van der Waals surface area contributed by atoms with Gasteiger partial charge in [-0.25, -0.2) is 0 Å². The number of aryl methyl sites for hydroxylation is 1. The van der Waals surface area contributed by atoms with E-state index in [0.717, 1.165) is 55.4 Å². The average molecular weight is 442 g/mol. The van der Waals surface area contributed by atoms with E-state index >= 15 is 0 Å². The molecule has 1 atom stereocenters. The normalized spacial score (nSPS) is 19.3. The Labute approximate surface area is 185 Å². The number of benzene rings is 1. The van der Waals surface area contributed by atoms with Crippen LogP contribution in [0, 0.1) is 12.8 Å². The average Bonchev–Trinajstić information content (AvgIpc) is 3.47. The van der Waals surface area contributed by atoms with Gasteiger partial charge in [-0.3, -0.25) is 14.4 Å². The molecule has 1 aliphatic heterocycles. The molecule has 0 bridgehead atoms. The molecule has 31 heavy (non-hydrogen) atoms. The van der Waals surface area contributed by atoms with Crippen molar-refractivity contribution in [3.05, 3.63) is 39.8 Å². The minimum atomic E-state index is -0.395. The van der Waals surface area contributed by atoms with Gasteiger partial charge in [0, 0.05) is 24.8 Å². The number of likely N-dealkylation sites (tertiary alicyclic amines) is 1. The molecule has 1 unspecified atom stereocenters. The lowest BCUT2D eigenvalue weighted by molar-refractivity contribution is -0.127. The van der Waals surface area contributed by atoms with Crippen LogP contribution < -0.4 is 10.6 Å². The zero-order valence-corrected chi connectivity index (χ0v) is 18.4. The van der Waals surface area contributed by atoms with Gasteiger partial charge >= 0.3 is 0 Å². The van der Waals surface area contributed by atoms with E-state index in [4.69, 9.17) is 0 Å². The van der Waals surface area contributed by atoms with Crippen molar-refractivity contribution in [2.45, 2.75) is 51.5 Å². The van der Waals surface area contributed by atoms with Crippen molar-refractivity contribution in [3.8, 4) is 0 Å². The lowest BCUT2D eigenvalue weighted by Crippen LogP contribution is -2.47. The molecule has 2 fully saturated rings. The lowest BCUT2D eigenvalue weighted by atomic mass is 9.96. The van der Waals surface area contributed by atoms with Gasteiger partial charge < -0.3 is 15.5 Å². The van der Waals surface area contributed by atoms with Gasteiger partial charge in [0.2, 0.25) is 15.9 Å². The zero-order chi connectivity index (χ0) is 21.8. The van der Waals surface area contributed by atoms with Crippen molar-refractivity contribution in [2.75, 3.05) is 18.4 Å². The fraction of sp³-hybridized carbons (Fsp3) is 0.500. The zero-order valence-electron chi connectivity index (χ0n) is 17.6. The van der Waals surface area contributed by atoms with Crippen LogP contribution in [-0.2, 0) is 4.79 Å². The number of nitrogens with one attached hydrogen (secondary N) is 2. The molecular formula is C22H27N5O3S. The summed E-state index contributed by atoms with van der Waals surface area (Å²) in [5, 5.41) is 14.0. The molecule has 8 nitrogen and oxygen atoms in total. The molecular weight excluding hydrogens is 414 g/mol. The third-order valence-electron chi connectivity index (χ3n) is 5.89. The summed E-state index contributed by atoms with van der Waals surface area (Å²) in [5.74, 6) is -0.825. The predicted molar refractivity (Wildman–Crippen MR) is 118 cm³/mol. The van der Waals surface area contributed by atoms with Crippen LogP contribution in [0.5, 0.6) is 0 Å². The molecule has 0 spiro atoms. The van der Waals surface area contributed by atoms with Crippen LogP contribution in [0.3, 0.4) is 0 Å². The molecule has 9 heteroatoms. The highest BCUT2D eigenvalue weighted by molar-refractivity contribution is 7.15. The van der Waals surface area contributed by atoms with Crippen LogP contribution in [-0.4, -0.2) is 52.0 Å². The molecule has 2 aliphatic rings. The minimum Gasteiger partial charge on any atom is -0.353 e. The van der Waals surface area contributed by atoms with E-state index in [2.05, 4.69) is 20.8 Å². The summed E-state index contributed by atoms with van der Waals surface area (Å²) in [4.78, 5) is 39.6. The second-order valence-electron chi connectivity index (χ2n) is 8.31. The Bertz CT molecular complexity index is 952. The quantitative estimate of drug-likeness (QED) is 0.742. The Morgan fingerprint density at radius 3 is 2.45 bits per heavy atom. The molecule has 3 amide bonds. The first kappa shape index (κ1) is 21.4. The summed E-state index contributed by atoms with van der Waals surface area (Å²) in [6.45, 7) is 2.93. The Hall–Kier alpha value is -2.81. The van der Waals surface area contributed by atoms with Crippen LogP contribution in [0.1, 0.15) is 63.7 Å². The summed E-state index contributed by atoms with van der Waals surface area (Å²) in [6.07, 6.45) is 5.96. The summed E-state index contributed by atoms with van der Waals surface area (Å²) in [5.41, 5.74) is 1.75. The molecule has 1 aromatic heterocycles. The van der Waals surface area contributed by atoms with Crippen molar-refractivity contribution >= 4 is 34.7 Å². The van der Waals surface area contributed by atoms with Crippen molar-refractivity contribution in [1.29, 1.82) is 0 Å². The Morgan fingerprint density at radius 1 is 1.00 bits per heavy atom. The third kappa shape index (κ3) is 5.28. The maximum absolute atomic E-state index is 12.9. The lowest BCUT2D eigenvalue weighted by Gasteiger charge is -2.32. The standard InChI is InChI=1S/C22H27N5O3S/c1-14-8-10-17(11-9-14)24-19(29)20-25-26-21(31-20)22(30)27-12-4-5-15(13-27)18(28)23-16-6-2-3-7-16/h8-11,15-16H,2-7,12-13H2,1H3,(H,23,28)(H,24,29). The summed E-state index contributed by atoms with van der Waals surface area (Å²) in [6, 6.07) is 7.70. The minimum absolute atomic E-state index is 0.0415. The highest BCUT2D eigenvalue weighted by atomic mass is 32.1. The van der Waals surface area contributed by atoms with Gasteiger partial charge in [-0.1, -0.05) is 41.9 Å². The van der Waals surface area contributed by atoms with Crippen LogP contribution in [0.25, 0.3) is 0 Å². The Balaban J connectivity index is 1.35. The van der Waals surface area contributed by atoms with Crippen molar-refractivity contribution in [2.24, 2.45) is 5.92 Å². The number of anilines is 1. The predicted octanol–water partition coefficient (Wildman–Crippen LogP) is 3.01. The number of piperidine rings is 1. The summed E-state index contributed by atoms with van der Waals surface area (Å²) < 4.78 is 0. The van der Waals surface area contributed by atoms with Gasteiger partial charge in [0.05, 0.1) is 5.92 Å². The van der Waals surface area contributed by atoms with Crippen LogP contribution in [0.4, 0.5) is 5.69 Å². The first-order valence-electron chi connectivity index (χ1n) is 10.8. The molecule has 2 N–H and O–H groups in total. The Morgan fingerprint density at radius 2 is 1.71 bits per heavy atom. The molecule has 1 aromatic carbocycles. The number of carbonyl (C=O) groups excluding carboxylic acids is 3. The van der Waals surface area contributed by atoms with Gasteiger partial charge in [0.25, 0.3) is 11.8 Å². The molecule has 2 heterocycles. The highest BCUT2D eigenvalue weighted by Gasteiger charge is 2.32. The van der Waals surface area contributed by atoms with E-state index in [9.17, 15) is 14.4 Å². The van der Waals surface area contributed by atoms with Gasteiger partial charge in [0.1, 0.15) is 0 Å². The number of nitrogens with zero attached hydrogens (tertiary/aromatic N) is 3. The molecule has 1 saturated heterocycles. The van der Waals surface area contributed by atoms with Crippen molar-refractivity contribution in [3.63, 3.8) is 0 Å². The molecule has 2 aromatic rings. The SMILES string of the molecule is Cc1ccc(NC(=O)c2nnc(C(=O)N3CCCC(C(=O)NC4CCCC4)C3)s2)cc1. The Kier molecular flexibility index (Phi) is 6.60. The number of hydrogen-bond donors (Lipinski definition) is 2. The first-order chi connectivity index (χ1) is 15.0. The molecule has 164 valence electrons. The van der Waals surface area contributed by atoms with Crippen LogP contribution in [0.15, 0.2) is 24.3 Å². The van der Waals surface area contributed by atoms with Gasteiger partial charge in [-0.05, 0) is 44.7 Å². The summed E-state index contributed by atoms with van der Waals surface area (Å²) in [7, 11) is 0. The number of carbonyl (C=O) groups is 3. The number of rotatable bonds is 5. The largest absolute Gasteiger partial charge is 0.353 e. The van der Waals surface area contributed by atoms with Gasteiger partial charge in [-0.15, -0.1) is 10.2 Å². The summed E-state index contributed by atoms with van der Waals surface area (Å²) >= 11 is 0.975. The van der Waals surface area contributed by atoms with E-state index in [1.165, 1.54) is 0 Å². The maximum atomic E-state index is 12.9. The van der Waals surface area contributed by atoms with Crippen molar-refractivity contribution in [1.82, 2.24) is 20.4 Å². The van der Waals surface area contributed by atoms with Gasteiger partial charge in [-0.2, -0.15) is 0 Å². The number of hydrogen-bond acceptors (Lipinski definition) is 6. The van der Waals surface area contributed by atoms with Crippen LogP contribution >= 0.6 is 11.3 Å². The van der Waals surface area contributed by atoms with Crippen molar-refractivity contribution < 1.29 is 14.4 Å². The monoisotopic (exact) mass is 441 g/mol. The fourth-order valence-electron chi connectivity index (χ4n) is 4.12. The third-order valence-corrected chi connectivity index (χ3v) is 6.80. The second kappa shape index (κ2) is 9.55. The first-order valence-corrected chi connectivity index (χ1v) is 11.6. The van der Waals surface area contributed by atoms with Gasteiger partial charge in [0.15, 0.2) is 0 Å². The maximum Gasteiger partial charge on any atom is 0.286 e. The molecule has 4 rings (SSSR count). The number of amides is 3. The van der Waals surface area contributed by atoms with E-state index in [-0.39, 0.29) is 33.8 Å². The fourth-order valence-corrected chi connectivity index (χ4v) is 4.83. The van der Waals surface area contributed by atoms with E-state index in [1.807, 2.05) is 31.2 Å². The van der Waals surface area contributed by atoms with E-state index in [0.29, 0.717) is 18.8 Å². The topological polar surface area (TPSA) is 104 Å². The van der Waals surface area contributed by atoms with Crippen LogP contribution in [0.2, 0.25) is 0 Å². The molecule has 0 radical (unpaired) electrons. The molecule has 1 saturated carbocycles. The number of aromatic nitrogens is 2. The highest BCUT2D eigenvalue weighted by Crippen LogP contribution is 2.23. The van der Waals surface area contributed by atoms with E-state index in [1.54, 1.807) is 4.90 Å². The van der Waals surface area contributed by atoms with E-state index < -0.39 is 5.91 Å². The smallest absolute Gasteiger partial charge is 0.286 e.